The van der Waals surface area contributed by atoms with Gasteiger partial charge in [-0.05, 0) is 61.9 Å². The van der Waals surface area contributed by atoms with E-state index >= 15 is 0 Å². The molecule has 1 unspecified atom stereocenters. The van der Waals surface area contributed by atoms with Crippen molar-refractivity contribution in [2.75, 3.05) is 6.61 Å². The zero-order chi connectivity index (χ0) is 24.8. The first-order chi connectivity index (χ1) is 16.2. The molecule has 3 N–H and O–H groups in total. The summed E-state index contributed by atoms with van der Waals surface area (Å²) < 4.78 is 18.7. The highest BCUT2D eigenvalue weighted by Crippen LogP contribution is 2.43. The van der Waals surface area contributed by atoms with Gasteiger partial charge in [-0.15, -0.1) is 11.3 Å². The Morgan fingerprint density at radius 3 is 2.41 bits per heavy atom. The number of hydrogen-bond donors (Lipinski definition) is 2. The van der Waals surface area contributed by atoms with Crippen molar-refractivity contribution in [1.82, 2.24) is 5.32 Å². The summed E-state index contributed by atoms with van der Waals surface area (Å²) in [5.41, 5.74) is 8.70. The second-order valence-electron chi connectivity index (χ2n) is 8.47. The molecule has 178 valence electrons. The SMILES string of the molecule is CCOC(=O)C1=C(CCc2ccc(F)cc2)NC(CC(C)C)=C(C(N)=O)C1c1ccc(C#N)s1. The lowest BCUT2D eigenvalue weighted by atomic mass is 9.81. The van der Waals surface area contributed by atoms with Crippen molar-refractivity contribution >= 4 is 23.2 Å². The molecule has 1 amide bonds. The van der Waals surface area contributed by atoms with Crippen LogP contribution in [0.3, 0.4) is 0 Å². The average Bonchev–Trinajstić information content (AvgIpc) is 3.26. The van der Waals surface area contributed by atoms with Crippen molar-refractivity contribution in [3.05, 3.63) is 80.1 Å². The van der Waals surface area contributed by atoms with Crippen LogP contribution in [0.5, 0.6) is 0 Å². The van der Waals surface area contributed by atoms with Crippen molar-refractivity contribution in [1.29, 1.82) is 5.26 Å². The van der Waals surface area contributed by atoms with Crippen LogP contribution in [0.2, 0.25) is 0 Å². The van der Waals surface area contributed by atoms with Crippen molar-refractivity contribution in [3.63, 3.8) is 0 Å². The molecule has 1 aromatic carbocycles. The molecule has 0 saturated heterocycles. The minimum Gasteiger partial charge on any atom is -0.463 e. The molecule has 0 aliphatic carbocycles. The van der Waals surface area contributed by atoms with Crippen LogP contribution < -0.4 is 11.1 Å². The van der Waals surface area contributed by atoms with Gasteiger partial charge < -0.3 is 15.8 Å². The number of benzene rings is 1. The van der Waals surface area contributed by atoms with Crippen LogP contribution >= 0.6 is 11.3 Å². The number of thiophene rings is 1. The minimum atomic E-state index is -0.734. The number of nitrogens with two attached hydrogens (primary N) is 1. The molecule has 8 heteroatoms. The Kier molecular flexibility index (Phi) is 8.24. The molecule has 0 bridgehead atoms. The standard InChI is InChI=1S/C26H28FN3O3S/c1-4-33-26(32)23-19(11-7-16-5-8-17(27)9-6-16)30-20(13-15(2)3)22(25(29)31)24(23)21-12-10-18(14-28)34-21/h5-6,8-10,12,15,24,30H,4,7,11,13H2,1-3H3,(H2,29,31). The summed E-state index contributed by atoms with van der Waals surface area (Å²) >= 11 is 1.22. The Hall–Kier alpha value is -3.44. The zero-order valence-electron chi connectivity index (χ0n) is 19.5. The van der Waals surface area contributed by atoms with E-state index in [1.54, 1.807) is 31.2 Å². The number of nitrogens with zero attached hydrogens (tertiary/aromatic N) is 1. The minimum absolute atomic E-state index is 0.169. The monoisotopic (exact) mass is 481 g/mol. The molecule has 0 saturated carbocycles. The average molecular weight is 482 g/mol. The predicted molar refractivity (Wildman–Crippen MR) is 129 cm³/mol. The van der Waals surface area contributed by atoms with Gasteiger partial charge in [-0.3, -0.25) is 4.79 Å². The number of primary amides is 1. The fourth-order valence-corrected chi connectivity index (χ4v) is 5.02. The Bertz CT molecular complexity index is 1170. The molecule has 0 fully saturated rings. The van der Waals surface area contributed by atoms with Crippen LogP contribution in [-0.2, 0) is 20.7 Å². The van der Waals surface area contributed by atoms with Gasteiger partial charge in [0.2, 0.25) is 5.91 Å². The molecule has 0 spiro atoms. The van der Waals surface area contributed by atoms with Gasteiger partial charge in [-0.25, -0.2) is 9.18 Å². The summed E-state index contributed by atoms with van der Waals surface area (Å²) in [6.07, 6.45) is 1.55. The zero-order valence-corrected chi connectivity index (χ0v) is 20.3. The second kappa shape index (κ2) is 11.1. The van der Waals surface area contributed by atoms with E-state index in [9.17, 15) is 19.2 Å². The van der Waals surface area contributed by atoms with Crippen LogP contribution in [0.1, 0.15) is 54.8 Å². The molecule has 34 heavy (non-hydrogen) atoms. The van der Waals surface area contributed by atoms with E-state index < -0.39 is 17.8 Å². The molecular weight excluding hydrogens is 453 g/mol. The maximum Gasteiger partial charge on any atom is 0.336 e. The summed E-state index contributed by atoms with van der Waals surface area (Å²) in [5, 5.41) is 12.7. The lowest BCUT2D eigenvalue weighted by molar-refractivity contribution is -0.138. The number of rotatable bonds is 9. The summed E-state index contributed by atoms with van der Waals surface area (Å²) in [5.74, 6) is -1.99. The van der Waals surface area contributed by atoms with Gasteiger partial charge in [-0.2, -0.15) is 5.26 Å². The van der Waals surface area contributed by atoms with E-state index in [0.29, 0.717) is 51.6 Å². The number of carbonyl (C=O) groups is 2. The third kappa shape index (κ3) is 5.72. The van der Waals surface area contributed by atoms with Crippen molar-refractivity contribution in [2.24, 2.45) is 11.7 Å². The number of carbonyl (C=O) groups excluding carboxylic acids is 2. The predicted octanol–water partition coefficient (Wildman–Crippen LogP) is 4.68. The molecule has 1 aliphatic heterocycles. The summed E-state index contributed by atoms with van der Waals surface area (Å²) in [7, 11) is 0. The van der Waals surface area contributed by atoms with Crippen molar-refractivity contribution in [3.8, 4) is 6.07 Å². The summed E-state index contributed by atoms with van der Waals surface area (Å²) in [6.45, 7) is 5.95. The summed E-state index contributed by atoms with van der Waals surface area (Å²) in [6, 6.07) is 11.8. The van der Waals surface area contributed by atoms with E-state index in [1.165, 1.54) is 23.5 Å². The third-order valence-electron chi connectivity index (χ3n) is 5.50. The van der Waals surface area contributed by atoms with E-state index in [2.05, 4.69) is 11.4 Å². The molecule has 2 heterocycles. The number of allylic oxidation sites excluding steroid dienone is 2. The van der Waals surface area contributed by atoms with Gasteiger partial charge >= 0.3 is 5.97 Å². The highest BCUT2D eigenvalue weighted by molar-refractivity contribution is 7.12. The molecule has 2 aromatic rings. The van der Waals surface area contributed by atoms with Crippen LogP contribution in [0.15, 0.2) is 58.9 Å². The first-order valence-electron chi connectivity index (χ1n) is 11.2. The second-order valence-corrected chi connectivity index (χ2v) is 9.58. The van der Waals surface area contributed by atoms with E-state index in [0.717, 1.165) is 5.56 Å². The molecular formula is C26H28FN3O3S. The van der Waals surface area contributed by atoms with Crippen LogP contribution in [0.4, 0.5) is 4.39 Å². The number of nitrogens with one attached hydrogen (secondary N) is 1. The Labute approximate surface area is 202 Å². The number of aryl methyl sites for hydroxylation is 1. The van der Waals surface area contributed by atoms with Crippen molar-refractivity contribution in [2.45, 2.75) is 46.0 Å². The van der Waals surface area contributed by atoms with Crippen molar-refractivity contribution < 1.29 is 18.7 Å². The van der Waals surface area contributed by atoms with Gasteiger partial charge in [-0.1, -0.05) is 26.0 Å². The normalized spacial score (nSPS) is 15.8. The van der Waals surface area contributed by atoms with E-state index in [4.69, 9.17) is 10.5 Å². The van der Waals surface area contributed by atoms with E-state index in [-0.39, 0.29) is 18.3 Å². The highest BCUT2D eigenvalue weighted by Gasteiger charge is 2.39. The number of dihydropyridines is 1. The largest absolute Gasteiger partial charge is 0.463 e. The Morgan fingerprint density at radius 2 is 1.85 bits per heavy atom. The van der Waals surface area contributed by atoms with Crippen LogP contribution in [0.25, 0.3) is 0 Å². The smallest absolute Gasteiger partial charge is 0.336 e. The lowest BCUT2D eigenvalue weighted by Gasteiger charge is -2.32. The number of halogens is 1. The van der Waals surface area contributed by atoms with Gasteiger partial charge in [0, 0.05) is 21.8 Å². The Balaban J connectivity index is 2.15. The Morgan fingerprint density at radius 1 is 1.15 bits per heavy atom. The lowest BCUT2D eigenvalue weighted by Crippen LogP contribution is -2.36. The molecule has 0 radical (unpaired) electrons. The molecule has 6 nitrogen and oxygen atoms in total. The van der Waals surface area contributed by atoms with E-state index in [1.807, 2.05) is 13.8 Å². The number of ether oxygens (including phenoxy) is 1. The fraction of sp³-hybridized carbons (Fsp3) is 0.346. The topological polar surface area (TPSA) is 105 Å². The first kappa shape index (κ1) is 25.2. The highest BCUT2D eigenvalue weighted by atomic mass is 32.1. The molecule has 1 aromatic heterocycles. The van der Waals surface area contributed by atoms with Crippen LogP contribution in [0, 0.1) is 23.1 Å². The third-order valence-corrected chi connectivity index (χ3v) is 6.56. The molecule has 3 rings (SSSR count). The molecule has 1 aliphatic rings. The first-order valence-corrected chi connectivity index (χ1v) is 12.0. The van der Waals surface area contributed by atoms with Gasteiger partial charge in [0.25, 0.3) is 0 Å². The quantitative estimate of drug-likeness (QED) is 0.506. The van der Waals surface area contributed by atoms with Gasteiger partial charge in [0.15, 0.2) is 0 Å². The maximum atomic E-state index is 13.3. The fourth-order valence-electron chi connectivity index (χ4n) is 4.09. The number of nitriles is 1. The van der Waals surface area contributed by atoms with Crippen LogP contribution in [-0.4, -0.2) is 18.5 Å². The number of amides is 1. The number of esters is 1. The van der Waals surface area contributed by atoms with Gasteiger partial charge in [0.05, 0.1) is 18.1 Å². The molecule has 1 atom stereocenters. The number of hydrogen-bond acceptors (Lipinski definition) is 6. The summed E-state index contributed by atoms with van der Waals surface area (Å²) in [4.78, 5) is 27.1. The maximum absolute atomic E-state index is 13.3. The van der Waals surface area contributed by atoms with Gasteiger partial charge in [0.1, 0.15) is 16.8 Å².